The number of amides is 1. The van der Waals surface area contributed by atoms with Gasteiger partial charge in [0.2, 0.25) is 5.91 Å². The number of hydrogen-bond acceptors (Lipinski definition) is 6. The number of aryl methyl sites for hydroxylation is 2. The number of rotatable bonds is 6. The van der Waals surface area contributed by atoms with E-state index >= 15 is 0 Å². The highest BCUT2D eigenvalue weighted by Crippen LogP contribution is 2.30. The van der Waals surface area contributed by atoms with Crippen LogP contribution in [0.5, 0.6) is 11.5 Å². The number of ether oxygens (including phenoxy) is 2. The van der Waals surface area contributed by atoms with E-state index in [1.54, 1.807) is 18.1 Å². The highest BCUT2D eigenvalue weighted by Gasteiger charge is 2.18. The number of hydrogen-bond donors (Lipinski definition) is 0. The van der Waals surface area contributed by atoms with Gasteiger partial charge >= 0.3 is 0 Å². The Bertz CT molecular complexity index is 876. The molecule has 28 heavy (non-hydrogen) atoms. The van der Waals surface area contributed by atoms with Crippen molar-refractivity contribution < 1.29 is 23.0 Å². The summed E-state index contributed by atoms with van der Waals surface area (Å²) in [5, 5.41) is 3.92. The Balaban J connectivity index is 1.65. The molecular formula is C20H24N2O5S. The summed E-state index contributed by atoms with van der Waals surface area (Å²) < 4.78 is 27.8. The van der Waals surface area contributed by atoms with E-state index in [0.29, 0.717) is 42.7 Å². The minimum absolute atomic E-state index is 0.0746. The molecule has 2 heterocycles. The molecule has 1 aliphatic heterocycles. The SMILES string of the molecule is COc1cc(/C=C/C(=O)N2CCS(=O)CC2)ccc1OCc1c(C)noc1C. The van der Waals surface area contributed by atoms with E-state index in [2.05, 4.69) is 5.16 Å². The number of aromatic nitrogens is 1. The highest BCUT2D eigenvalue weighted by molar-refractivity contribution is 7.85. The quantitative estimate of drug-likeness (QED) is 0.688. The number of carbonyl (C=O) groups is 1. The Labute approximate surface area is 166 Å². The van der Waals surface area contributed by atoms with Gasteiger partial charge in [0.05, 0.1) is 18.4 Å². The first kappa shape index (κ1) is 20.1. The van der Waals surface area contributed by atoms with Crippen LogP contribution < -0.4 is 9.47 Å². The van der Waals surface area contributed by atoms with E-state index in [-0.39, 0.29) is 5.91 Å². The molecule has 8 heteroatoms. The van der Waals surface area contributed by atoms with E-state index in [9.17, 15) is 9.00 Å². The normalized spacial score (nSPS) is 15.2. The van der Waals surface area contributed by atoms with Crippen molar-refractivity contribution >= 4 is 22.8 Å². The molecule has 1 aliphatic rings. The number of carbonyl (C=O) groups excluding carboxylic acids is 1. The van der Waals surface area contributed by atoms with Gasteiger partial charge in [0.1, 0.15) is 12.4 Å². The number of nitrogens with zero attached hydrogens (tertiary/aromatic N) is 2. The van der Waals surface area contributed by atoms with Crippen molar-refractivity contribution in [3.8, 4) is 11.5 Å². The molecule has 0 aliphatic carbocycles. The van der Waals surface area contributed by atoms with Gasteiger partial charge in [0, 0.05) is 41.5 Å². The summed E-state index contributed by atoms with van der Waals surface area (Å²) >= 11 is 0. The van der Waals surface area contributed by atoms with Gasteiger partial charge in [-0.15, -0.1) is 0 Å². The fraction of sp³-hybridized carbons (Fsp3) is 0.400. The fourth-order valence-electron chi connectivity index (χ4n) is 2.90. The molecule has 0 radical (unpaired) electrons. The van der Waals surface area contributed by atoms with Crippen molar-refractivity contribution in [2.75, 3.05) is 31.7 Å². The van der Waals surface area contributed by atoms with Gasteiger partial charge in [-0.05, 0) is 37.6 Å². The van der Waals surface area contributed by atoms with E-state index in [1.165, 1.54) is 6.08 Å². The molecule has 3 rings (SSSR count). The average Bonchev–Trinajstić information content (AvgIpc) is 3.03. The van der Waals surface area contributed by atoms with Crippen molar-refractivity contribution in [3.63, 3.8) is 0 Å². The lowest BCUT2D eigenvalue weighted by Gasteiger charge is -2.25. The van der Waals surface area contributed by atoms with Crippen LogP contribution in [0, 0.1) is 13.8 Å². The molecular weight excluding hydrogens is 380 g/mol. The van der Waals surface area contributed by atoms with Crippen LogP contribution in [0.25, 0.3) is 6.08 Å². The molecule has 0 N–H and O–H groups in total. The zero-order valence-electron chi connectivity index (χ0n) is 16.3. The predicted octanol–water partition coefficient (Wildman–Crippen LogP) is 2.48. The monoisotopic (exact) mass is 404 g/mol. The van der Waals surface area contributed by atoms with Gasteiger partial charge in [0.25, 0.3) is 0 Å². The Morgan fingerprint density at radius 1 is 1.29 bits per heavy atom. The topological polar surface area (TPSA) is 81.9 Å². The van der Waals surface area contributed by atoms with Crippen LogP contribution >= 0.6 is 0 Å². The second kappa shape index (κ2) is 9.05. The third kappa shape index (κ3) is 4.81. The van der Waals surface area contributed by atoms with Gasteiger partial charge in [-0.2, -0.15) is 0 Å². The predicted molar refractivity (Wildman–Crippen MR) is 107 cm³/mol. The molecule has 0 saturated carbocycles. The van der Waals surface area contributed by atoms with Crippen LogP contribution in [-0.2, 0) is 22.2 Å². The first-order chi connectivity index (χ1) is 13.5. The molecule has 7 nitrogen and oxygen atoms in total. The van der Waals surface area contributed by atoms with Crippen LogP contribution in [0.1, 0.15) is 22.6 Å². The lowest BCUT2D eigenvalue weighted by Crippen LogP contribution is -2.40. The second-order valence-electron chi connectivity index (χ2n) is 6.51. The van der Waals surface area contributed by atoms with Gasteiger partial charge in [0.15, 0.2) is 11.5 Å². The Hall–Kier alpha value is -2.61. The maximum atomic E-state index is 12.3. The Morgan fingerprint density at radius 2 is 2.04 bits per heavy atom. The van der Waals surface area contributed by atoms with E-state index in [0.717, 1.165) is 22.6 Å². The van der Waals surface area contributed by atoms with Crippen LogP contribution in [0.15, 0.2) is 28.8 Å². The standard InChI is InChI=1S/C20H24N2O5S/c1-14-17(15(2)27-21-14)13-26-18-6-4-16(12-19(18)25-3)5-7-20(23)22-8-10-28(24)11-9-22/h4-7,12H,8-11,13H2,1-3H3/b7-5+. The fourth-order valence-corrected chi connectivity index (χ4v) is 3.95. The summed E-state index contributed by atoms with van der Waals surface area (Å²) in [6.45, 7) is 5.13. The average molecular weight is 404 g/mol. The molecule has 2 aromatic rings. The molecule has 0 atom stereocenters. The summed E-state index contributed by atoms with van der Waals surface area (Å²) in [4.78, 5) is 14.0. The van der Waals surface area contributed by atoms with Crippen LogP contribution in [0.4, 0.5) is 0 Å². The number of methoxy groups -OCH3 is 1. The van der Waals surface area contributed by atoms with Gasteiger partial charge in [-0.25, -0.2) is 0 Å². The van der Waals surface area contributed by atoms with Gasteiger partial charge in [-0.3, -0.25) is 9.00 Å². The first-order valence-electron chi connectivity index (χ1n) is 9.02. The van der Waals surface area contributed by atoms with Crippen molar-refractivity contribution in [2.45, 2.75) is 20.5 Å². The largest absolute Gasteiger partial charge is 0.493 e. The summed E-state index contributed by atoms with van der Waals surface area (Å²) in [6, 6.07) is 5.49. The summed E-state index contributed by atoms with van der Waals surface area (Å²) in [6.07, 6.45) is 3.28. The number of benzene rings is 1. The Morgan fingerprint density at radius 3 is 2.68 bits per heavy atom. The minimum Gasteiger partial charge on any atom is -0.493 e. The van der Waals surface area contributed by atoms with Gasteiger partial charge in [-0.1, -0.05) is 11.2 Å². The van der Waals surface area contributed by atoms with Crippen molar-refractivity contribution in [3.05, 3.63) is 46.9 Å². The van der Waals surface area contributed by atoms with Gasteiger partial charge < -0.3 is 18.9 Å². The molecule has 0 bridgehead atoms. The summed E-state index contributed by atoms with van der Waals surface area (Å²) in [7, 11) is 0.775. The molecule has 1 aromatic carbocycles. The molecule has 1 saturated heterocycles. The molecule has 0 spiro atoms. The van der Waals surface area contributed by atoms with Crippen molar-refractivity contribution in [1.29, 1.82) is 0 Å². The van der Waals surface area contributed by atoms with Crippen molar-refractivity contribution in [1.82, 2.24) is 10.1 Å². The molecule has 1 amide bonds. The third-order valence-electron chi connectivity index (χ3n) is 4.65. The lowest BCUT2D eigenvalue weighted by atomic mass is 10.1. The van der Waals surface area contributed by atoms with Crippen molar-refractivity contribution in [2.24, 2.45) is 0 Å². The highest BCUT2D eigenvalue weighted by atomic mass is 32.2. The maximum absolute atomic E-state index is 12.3. The third-order valence-corrected chi connectivity index (χ3v) is 5.92. The molecule has 150 valence electrons. The smallest absolute Gasteiger partial charge is 0.246 e. The zero-order valence-corrected chi connectivity index (χ0v) is 17.1. The first-order valence-corrected chi connectivity index (χ1v) is 10.5. The zero-order chi connectivity index (χ0) is 20.1. The van der Waals surface area contributed by atoms with Crippen LogP contribution in [0.3, 0.4) is 0 Å². The van der Waals surface area contributed by atoms with Crippen LogP contribution in [-0.4, -0.2) is 51.9 Å². The second-order valence-corrected chi connectivity index (χ2v) is 8.20. The maximum Gasteiger partial charge on any atom is 0.246 e. The minimum atomic E-state index is -0.799. The van der Waals surface area contributed by atoms with E-state index in [4.69, 9.17) is 14.0 Å². The molecule has 0 unspecified atom stereocenters. The summed E-state index contributed by atoms with van der Waals surface area (Å²) in [5.74, 6) is 2.93. The Kier molecular flexibility index (Phi) is 6.51. The van der Waals surface area contributed by atoms with E-state index in [1.807, 2.05) is 32.0 Å². The molecule has 1 fully saturated rings. The van der Waals surface area contributed by atoms with E-state index < -0.39 is 10.8 Å². The summed E-state index contributed by atoms with van der Waals surface area (Å²) in [5.41, 5.74) is 2.55. The molecule has 1 aromatic heterocycles. The van der Waals surface area contributed by atoms with Crippen LogP contribution in [0.2, 0.25) is 0 Å². The lowest BCUT2D eigenvalue weighted by molar-refractivity contribution is -0.125.